The summed E-state index contributed by atoms with van der Waals surface area (Å²) in [7, 11) is -3.57. The van der Waals surface area contributed by atoms with Crippen molar-refractivity contribution >= 4 is 21.8 Å². The molecule has 0 atom stereocenters. The number of hydrogen-bond donors (Lipinski definition) is 2. The molecule has 88 valence electrons. The third-order valence-corrected chi connectivity index (χ3v) is 2.91. The maximum Gasteiger partial charge on any atom is 0.234 e. The molecule has 0 bridgehead atoms. The summed E-state index contributed by atoms with van der Waals surface area (Å²) in [4.78, 5) is 21.4. The van der Waals surface area contributed by atoms with E-state index in [1.54, 1.807) is 6.92 Å². The number of rotatable bonds is 6. The van der Waals surface area contributed by atoms with Crippen LogP contribution in [0.5, 0.6) is 0 Å². The Labute approximate surface area is 89.5 Å². The van der Waals surface area contributed by atoms with Crippen LogP contribution in [0.1, 0.15) is 26.7 Å². The van der Waals surface area contributed by atoms with Crippen LogP contribution in [0.4, 0.5) is 0 Å². The third kappa shape index (κ3) is 7.92. The molecule has 0 fully saturated rings. The first kappa shape index (κ1) is 13.9. The van der Waals surface area contributed by atoms with Gasteiger partial charge in [-0.05, 0) is 13.3 Å². The zero-order valence-electron chi connectivity index (χ0n) is 8.87. The molecule has 7 heteroatoms. The Balaban J connectivity index is 3.85. The van der Waals surface area contributed by atoms with E-state index in [1.165, 1.54) is 0 Å². The standard InChI is InChI=1S/C8H16N2O4S/c1-3-9-8(12)5-4-6-15(13,14)10-7(2)11/h3-6H2,1-2H3,(H,9,12)(H,10,11). The maximum atomic E-state index is 11.1. The van der Waals surface area contributed by atoms with Crippen LogP contribution >= 0.6 is 0 Å². The Morgan fingerprint density at radius 2 is 1.87 bits per heavy atom. The van der Waals surface area contributed by atoms with E-state index in [1.807, 2.05) is 4.72 Å². The van der Waals surface area contributed by atoms with Crippen LogP contribution in [0.3, 0.4) is 0 Å². The molecule has 0 aromatic carbocycles. The molecular formula is C8H16N2O4S. The van der Waals surface area contributed by atoms with Crippen molar-refractivity contribution in [1.29, 1.82) is 0 Å². The van der Waals surface area contributed by atoms with E-state index in [0.717, 1.165) is 6.92 Å². The molecule has 0 radical (unpaired) electrons. The molecule has 0 unspecified atom stereocenters. The van der Waals surface area contributed by atoms with Gasteiger partial charge in [-0.25, -0.2) is 8.42 Å². The molecule has 0 heterocycles. The second kappa shape index (κ2) is 6.39. The van der Waals surface area contributed by atoms with Gasteiger partial charge in [0.05, 0.1) is 5.75 Å². The highest BCUT2D eigenvalue weighted by Crippen LogP contribution is 1.94. The number of carbonyl (C=O) groups is 2. The molecule has 0 rings (SSSR count). The van der Waals surface area contributed by atoms with Crippen molar-refractivity contribution in [2.24, 2.45) is 0 Å². The van der Waals surface area contributed by atoms with Crippen LogP contribution in [0.15, 0.2) is 0 Å². The van der Waals surface area contributed by atoms with E-state index < -0.39 is 15.9 Å². The van der Waals surface area contributed by atoms with Gasteiger partial charge in [0.25, 0.3) is 0 Å². The molecule has 0 aliphatic rings. The number of amides is 2. The number of nitrogens with one attached hydrogen (secondary N) is 2. The molecule has 2 amide bonds. The minimum Gasteiger partial charge on any atom is -0.356 e. The number of hydrogen-bond acceptors (Lipinski definition) is 4. The molecule has 0 saturated carbocycles. The summed E-state index contributed by atoms with van der Waals surface area (Å²) in [6, 6.07) is 0. The molecule has 6 nitrogen and oxygen atoms in total. The number of carbonyl (C=O) groups excluding carboxylic acids is 2. The van der Waals surface area contributed by atoms with Gasteiger partial charge < -0.3 is 5.32 Å². The molecule has 0 spiro atoms. The fraction of sp³-hybridized carbons (Fsp3) is 0.750. The highest BCUT2D eigenvalue weighted by atomic mass is 32.2. The first-order valence-electron chi connectivity index (χ1n) is 4.65. The van der Waals surface area contributed by atoms with E-state index in [2.05, 4.69) is 5.32 Å². The smallest absolute Gasteiger partial charge is 0.234 e. The minimum atomic E-state index is -3.57. The summed E-state index contributed by atoms with van der Waals surface area (Å²) in [5.74, 6) is -1.02. The van der Waals surface area contributed by atoms with Crippen molar-refractivity contribution < 1.29 is 18.0 Å². The molecular weight excluding hydrogens is 220 g/mol. The third-order valence-electron chi connectivity index (χ3n) is 1.49. The normalized spacial score (nSPS) is 10.8. The Morgan fingerprint density at radius 1 is 1.27 bits per heavy atom. The van der Waals surface area contributed by atoms with Crippen LogP contribution in [0.25, 0.3) is 0 Å². The fourth-order valence-corrected chi connectivity index (χ4v) is 2.04. The van der Waals surface area contributed by atoms with Crippen molar-refractivity contribution in [2.75, 3.05) is 12.3 Å². The summed E-state index contributed by atoms with van der Waals surface area (Å²) in [6.07, 6.45) is 0.348. The quantitative estimate of drug-likeness (QED) is 0.642. The van der Waals surface area contributed by atoms with Crippen molar-refractivity contribution in [3.8, 4) is 0 Å². The van der Waals surface area contributed by atoms with Crippen LogP contribution in [0.2, 0.25) is 0 Å². The average Bonchev–Trinajstić information content (AvgIpc) is 2.01. The van der Waals surface area contributed by atoms with Crippen molar-refractivity contribution in [2.45, 2.75) is 26.7 Å². The molecule has 15 heavy (non-hydrogen) atoms. The summed E-state index contributed by atoms with van der Waals surface area (Å²) in [6.45, 7) is 3.44. The average molecular weight is 236 g/mol. The Kier molecular flexibility index (Phi) is 5.92. The second-order valence-corrected chi connectivity index (χ2v) is 4.88. The lowest BCUT2D eigenvalue weighted by Crippen LogP contribution is -2.31. The highest BCUT2D eigenvalue weighted by Gasteiger charge is 2.12. The minimum absolute atomic E-state index is 0.145. The summed E-state index contributed by atoms with van der Waals surface area (Å²) < 4.78 is 24.1. The zero-order chi connectivity index (χ0) is 11.9. The van der Waals surface area contributed by atoms with E-state index in [0.29, 0.717) is 6.54 Å². The largest absolute Gasteiger partial charge is 0.356 e. The van der Waals surface area contributed by atoms with Crippen LogP contribution in [0, 0.1) is 0 Å². The van der Waals surface area contributed by atoms with Crippen molar-refractivity contribution in [3.05, 3.63) is 0 Å². The van der Waals surface area contributed by atoms with E-state index in [-0.39, 0.29) is 24.5 Å². The predicted octanol–water partition coefficient (Wildman–Crippen LogP) is -0.631. The van der Waals surface area contributed by atoms with Crippen LogP contribution in [-0.2, 0) is 19.6 Å². The SMILES string of the molecule is CCNC(=O)CCCS(=O)(=O)NC(C)=O. The number of sulfonamides is 1. The van der Waals surface area contributed by atoms with Gasteiger partial charge in [-0.15, -0.1) is 0 Å². The predicted molar refractivity (Wildman–Crippen MR) is 55.5 cm³/mol. The van der Waals surface area contributed by atoms with Crippen molar-refractivity contribution in [1.82, 2.24) is 10.0 Å². The van der Waals surface area contributed by atoms with Gasteiger partial charge in [-0.3, -0.25) is 14.3 Å². The van der Waals surface area contributed by atoms with E-state index in [4.69, 9.17) is 0 Å². The molecule has 0 aromatic heterocycles. The highest BCUT2D eigenvalue weighted by molar-refractivity contribution is 7.90. The lowest BCUT2D eigenvalue weighted by molar-refractivity contribution is -0.121. The van der Waals surface area contributed by atoms with Crippen LogP contribution < -0.4 is 10.0 Å². The Hall–Kier alpha value is -1.11. The van der Waals surface area contributed by atoms with Gasteiger partial charge in [0, 0.05) is 19.9 Å². The van der Waals surface area contributed by atoms with Gasteiger partial charge in [0.1, 0.15) is 0 Å². The summed E-state index contributed by atoms with van der Waals surface area (Å²) >= 11 is 0. The lowest BCUT2D eigenvalue weighted by atomic mass is 10.3. The lowest BCUT2D eigenvalue weighted by Gasteiger charge is -2.04. The molecule has 0 aliphatic carbocycles. The monoisotopic (exact) mass is 236 g/mol. The summed E-state index contributed by atoms with van der Waals surface area (Å²) in [5.41, 5.74) is 0. The van der Waals surface area contributed by atoms with Gasteiger partial charge >= 0.3 is 0 Å². The van der Waals surface area contributed by atoms with Gasteiger partial charge in [0.15, 0.2) is 0 Å². The molecule has 0 aliphatic heterocycles. The van der Waals surface area contributed by atoms with E-state index >= 15 is 0 Å². The first-order valence-corrected chi connectivity index (χ1v) is 6.30. The van der Waals surface area contributed by atoms with Crippen LogP contribution in [-0.4, -0.2) is 32.5 Å². The molecule has 0 aromatic rings. The molecule has 0 saturated heterocycles. The second-order valence-electron chi connectivity index (χ2n) is 3.03. The Bertz CT molecular complexity index is 324. The molecule has 2 N–H and O–H groups in total. The van der Waals surface area contributed by atoms with Gasteiger partial charge in [-0.1, -0.05) is 0 Å². The zero-order valence-corrected chi connectivity index (χ0v) is 9.69. The van der Waals surface area contributed by atoms with Gasteiger partial charge in [0.2, 0.25) is 21.8 Å². The van der Waals surface area contributed by atoms with Crippen molar-refractivity contribution in [3.63, 3.8) is 0 Å². The fourth-order valence-electron chi connectivity index (χ4n) is 0.978. The maximum absolute atomic E-state index is 11.1. The first-order chi connectivity index (χ1) is 6.87. The topological polar surface area (TPSA) is 92.3 Å². The van der Waals surface area contributed by atoms with Gasteiger partial charge in [-0.2, -0.15) is 0 Å². The Morgan fingerprint density at radius 3 is 2.33 bits per heavy atom. The van der Waals surface area contributed by atoms with E-state index in [9.17, 15) is 18.0 Å². The summed E-state index contributed by atoms with van der Waals surface area (Å²) in [5, 5.41) is 2.55.